The van der Waals surface area contributed by atoms with E-state index in [1.54, 1.807) is 43.3 Å². The van der Waals surface area contributed by atoms with Crippen LogP contribution in [-0.2, 0) is 20.9 Å². The molecule has 0 aromatic heterocycles. The first-order valence-corrected chi connectivity index (χ1v) is 12.1. The lowest BCUT2D eigenvalue weighted by Gasteiger charge is -2.19. The van der Waals surface area contributed by atoms with Gasteiger partial charge in [0.05, 0.1) is 28.2 Å². The highest BCUT2D eigenvalue weighted by Gasteiger charge is 2.41. The van der Waals surface area contributed by atoms with Gasteiger partial charge in [-0.3, -0.25) is 14.5 Å². The molecule has 34 heavy (non-hydrogen) atoms. The molecule has 1 saturated heterocycles. The Morgan fingerprint density at radius 1 is 1.03 bits per heavy atom. The van der Waals surface area contributed by atoms with Crippen molar-refractivity contribution in [2.75, 3.05) is 13.2 Å². The normalized spacial score (nSPS) is 15.6. The predicted octanol–water partition coefficient (Wildman–Crippen LogP) is 5.96. The van der Waals surface area contributed by atoms with Crippen LogP contribution in [0.1, 0.15) is 31.9 Å². The van der Waals surface area contributed by atoms with Crippen LogP contribution in [0, 0.1) is 0 Å². The van der Waals surface area contributed by atoms with Gasteiger partial charge in [-0.25, -0.2) is 4.79 Å². The van der Waals surface area contributed by atoms with Gasteiger partial charge in [0.1, 0.15) is 12.6 Å². The summed E-state index contributed by atoms with van der Waals surface area (Å²) < 4.78 is 16.5. The van der Waals surface area contributed by atoms with Crippen LogP contribution in [-0.4, -0.2) is 41.3 Å². The average Bonchev–Trinajstić information content (AvgIpc) is 3.08. The molecular weight excluding hydrogens is 501 g/mol. The van der Waals surface area contributed by atoms with Crippen LogP contribution < -0.4 is 9.47 Å². The quantitative estimate of drug-likeness (QED) is 0.296. The van der Waals surface area contributed by atoms with Crippen molar-refractivity contribution in [3.05, 3.63) is 62.5 Å². The number of rotatable bonds is 9. The fourth-order valence-corrected chi connectivity index (χ4v) is 4.35. The summed E-state index contributed by atoms with van der Waals surface area (Å²) >= 11 is 12.8. The minimum atomic E-state index is -1.01. The number of imide groups is 1. The van der Waals surface area contributed by atoms with Gasteiger partial charge in [0.15, 0.2) is 11.5 Å². The molecule has 0 bridgehead atoms. The average molecular weight is 524 g/mol. The third-order valence-corrected chi connectivity index (χ3v) is 6.41. The summed E-state index contributed by atoms with van der Waals surface area (Å²) in [7, 11) is 0. The van der Waals surface area contributed by atoms with E-state index in [0.29, 0.717) is 33.7 Å². The molecule has 0 saturated carbocycles. The number of esters is 1. The van der Waals surface area contributed by atoms with Gasteiger partial charge in [-0.05, 0) is 74.0 Å². The van der Waals surface area contributed by atoms with Gasteiger partial charge in [-0.1, -0.05) is 35.3 Å². The van der Waals surface area contributed by atoms with Crippen LogP contribution in [0.2, 0.25) is 10.0 Å². The molecule has 0 spiro atoms. The Labute approximate surface area is 211 Å². The zero-order valence-electron chi connectivity index (χ0n) is 18.8. The summed E-state index contributed by atoms with van der Waals surface area (Å²) in [6, 6.07) is 9.42. The third-order valence-electron chi connectivity index (χ3n) is 4.78. The number of benzene rings is 2. The summed E-state index contributed by atoms with van der Waals surface area (Å²) in [6.45, 7) is 5.78. The second kappa shape index (κ2) is 11.6. The predicted molar refractivity (Wildman–Crippen MR) is 132 cm³/mol. The van der Waals surface area contributed by atoms with E-state index in [9.17, 15) is 14.4 Å². The van der Waals surface area contributed by atoms with Crippen molar-refractivity contribution in [3.8, 4) is 11.5 Å². The second-order valence-corrected chi connectivity index (χ2v) is 8.96. The first-order valence-electron chi connectivity index (χ1n) is 10.5. The minimum Gasteiger partial charge on any atom is -0.490 e. The number of ether oxygens (including phenoxy) is 3. The number of amides is 2. The van der Waals surface area contributed by atoms with E-state index in [0.717, 1.165) is 22.2 Å². The van der Waals surface area contributed by atoms with E-state index in [1.165, 1.54) is 6.92 Å². The summed E-state index contributed by atoms with van der Waals surface area (Å²) in [4.78, 5) is 38.3. The van der Waals surface area contributed by atoms with E-state index in [1.807, 2.05) is 13.0 Å². The van der Waals surface area contributed by atoms with Crippen molar-refractivity contribution in [3.63, 3.8) is 0 Å². The Bertz CT molecular complexity index is 1140. The van der Waals surface area contributed by atoms with Crippen molar-refractivity contribution in [2.24, 2.45) is 0 Å². The molecule has 2 aromatic carbocycles. The summed E-state index contributed by atoms with van der Waals surface area (Å²) in [5.74, 6) is -0.189. The van der Waals surface area contributed by atoms with E-state index >= 15 is 0 Å². The number of nitrogens with zero attached hydrogens (tertiary/aromatic N) is 1. The van der Waals surface area contributed by atoms with E-state index in [2.05, 4.69) is 0 Å². The third kappa shape index (κ3) is 6.05. The van der Waals surface area contributed by atoms with Crippen molar-refractivity contribution in [1.29, 1.82) is 0 Å². The Morgan fingerprint density at radius 2 is 1.79 bits per heavy atom. The highest BCUT2D eigenvalue weighted by atomic mass is 35.5. The first kappa shape index (κ1) is 25.9. The molecule has 1 atom stereocenters. The summed E-state index contributed by atoms with van der Waals surface area (Å²) in [5, 5.41) is 0.378. The molecular formula is C24H23Cl2NO6S. The van der Waals surface area contributed by atoms with Crippen molar-refractivity contribution >= 4 is 58.2 Å². The molecule has 1 aliphatic heterocycles. The van der Waals surface area contributed by atoms with E-state index in [-0.39, 0.29) is 18.1 Å². The second-order valence-electron chi connectivity index (χ2n) is 7.16. The van der Waals surface area contributed by atoms with Gasteiger partial charge >= 0.3 is 5.97 Å². The Balaban J connectivity index is 1.79. The van der Waals surface area contributed by atoms with Crippen molar-refractivity contribution < 1.29 is 28.6 Å². The molecule has 0 aliphatic carbocycles. The molecule has 1 fully saturated rings. The van der Waals surface area contributed by atoms with Crippen LogP contribution in [0.5, 0.6) is 11.5 Å². The molecule has 0 unspecified atom stereocenters. The highest BCUT2D eigenvalue weighted by Crippen LogP contribution is 2.36. The number of carbonyl (C=O) groups excluding carboxylic acids is 3. The zero-order chi connectivity index (χ0) is 24.8. The standard InChI is InChI=1S/C24H23Cl2NO6S/c1-4-31-20-11-15(7-9-19(20)33-13-16-6-8-17(25)18(26)10-16)12-21-22(28)27(24(30)34-21)14(3)23(29)32-5-2/h6-12,14H,4-5,13H2,1-3H3/b21-12+/t14-/m1/s1. The van der Waals surface area contributed by atoms with Crippen molar-refractivity contribution in [1.82, 2.24) is 4.90 Å². The Hall–Kier alpha value is -2.68. The number of hydrogen-bond donors (Lipinski definition) is 0. The topological polar surface area (TPSA) is 82.1 Å². The van der Waals surface area contributed by atoms with Gasteiger partial charge < -0.3 is 14.2 Å². The minimum absolute atomic E-state index is 0.162. The van der Waals surface area contributed by atoms with E-state index < -0.39 is 23.2 Å². The molecule has 2 aromatic rings. The number of hydrogen-bond acceptors (Lipinski definition) is 7. The van der Waals surface area contributed by atoms with Gasteiger partial charge in [-0.15, -0.1) is 0 Å². The van der Waals surface area contributed by atoms with E-state index in [4.69, 9.17) is 37.4 Å². The van der Waals surface area contributed by atoms with Crippen LogP contribution >= 0.6 is 35.0 Å². The van der Waals surface area contributed by atoms with Crippen LogP contribution in [0.25, 0.3) is 6.08 Å². The van der Waals surface area contributed by atoms with Crippen molar-refractivity contribution in [2.45, 2.75) is 33.4 Å². The highest BCUT2D eigenvalue weighted by molar-refractivity contribution is 8.18. The molecule has 2 amide bonds. The monoisotopic (exact) mass is 523 g/mol. The molecule has 7 nitrogen and oxygen atoms in total. The molecule has 180 valence electrons. The number of thioether (sulfide) groups is 1. The maximum atomic E-state index is 12.8. The lowest BCUT2D eigenvalue weighted by molar-refractivity contribution is -0.150. The fraction of sp³-hybridized carbons (Fsp3) is 0.292. The smallest absolute Gasteiger partial charge is 0.329 e. The first-order chi connectivity index (χ1) is 16.2. The Kier molecular flexibility index (Phi) is 8.88. The number of carbonyl (C=O) groups is 3. The van der Waals surface area contributed by atoms with Gasteiger partial charge in [0.2, 0.25) is 0 Å². The maximum absolute atomic E-state index is 12.8. The SMILES string of the molecule is CCOC(=O)[C@@H](C)N1C(=O)S/C(=C/c2ccc(OCc3ccc(Cl)c(Cl)c3)c(OCC)c2)C1=O. The fourth-order valence-electron chi connectivity index (χ4n) is 3.13. The largest absolute Gasteiger partial charge is 0.490 e. The Morgan fingerprint density at radius 3 is 2.47 bits per heavy atom. The van der Waals surface area contributed by atoms with Crippen LogP contribution in [0.3, 0.4) is 0 Å². The molecule has 0 radical (unpaired) electrons. The lowest BCUT2D eigenvalue weighted by Crippen LogP contribution is -2.42. The van der Waals surface area contributed by atoms with Crippen LogP contribution in [0.15, 0.2) is 41.3 Å². The number of halogens is 2. The molecule has 0 N–H and O–H groups in total. The maximum Gasteiger partial charge on any atom is 0.329 e. The molecule has 1 heterocycles. The van der Waals surface area contributed by atoms with Gasteiger partial charge in [0, 0.05) is 0 Å². The summed E-state index contributed by atoms with van der Waals surface area (Å²) in [6.07, 6.45) is 1.58. The molecule has 1 aliphatic rings. The molecule has 10 heteroatoms. The van der Waals surface area contributed by atoms with Crippen LogP contribution in [0.4, 0.5) is 4.79 Å². The van der Waals surface area contributed by atoms with Gasteiger partial charge in [-0.2, -0.15) is 0 Å². The summed E-state index contributed by atoms with van der Waals surface area (Å²) in [5.41, 5.74) is 1.48. The van der Waals surface area contributed by atoms with Gasteiger partial charge in [0.25, 0.3) is 11.1 Å². The molecule has 3 rings (SSSR count). The lowest BCUT2D eigenvalue weighted by atomic mass is 10.1. The zero-order valence-corrected chi connectivity index (χ0v) is 21.1.